The zero-order chi connectivity index (χ0) is 14.4. The molecule has 2 atom stereocenters. The fourth-order valence-electron chi connectivity index (χ4n) is 1.78. The first kappa shape index (κ1) is 15.8. The summed E-state index contributed by atoms with van der Waals surface area (Å²) < 4.78 is 10.4. The normalized spacial score (nSPS) is 14.3. The first-order chi connectivity index (χ1) is 8.95. The molecule has 0 saturated carbocycles. The number of ether oxygens (including phenoxy) is 2. The fourth-order valence-corrected chi connectivity index (χ4v) is 2.54. The van der Waals surface area contributed by atoms with Crippen molar-refractivity contribution in [3.8, 4) is 0 Å². The minimum atomic E-state index is -0.447. The largest absolute Gasteiger partial charge is 0.389 e. The highest BCUT2D eigenvalue weighted by Gasteiger charge is 2.29. The van der Waals surface area contributed by atoms with Crippen molar-refractivity contribution < 1.29 is 14.4 Å². The van der Waals surface area contributed by atoms with E-state index in [-0.39, 0.29) is 17.6 Å². The van der Waals surface area contributed by atoms with Crippen LogP contribution in [-0.2, 0) is 9.47 Å². The van der Waals surface area contributed by atoms with Gasteiger partial charge in [-0.3, -0.25) is 10.1 Å². The van der Waals surface area contributed by atoms with Crippen LogP contribution in [0, 0.1) is 17.0 Å². The number of aryl methyl sites for hydroxylation is 1. The third-order valence-corrected chi connectivity index (χ3v) is 3.54. The molecule has 8 heteroatoms. The number of nitrogens with zero attached hydrogens (tertiary/aromatic N) is 2. The molecule has 19 heavy (non-hydrogen) atoms. The summed E-state index contributed by atoms with van der Waals surface area (Å²) in [5.41, 5.74) is 6.42. The van der Waals surface area contributed by atoms with Gasteiger partial charge in [-0.1, -0.05) is 0 Å². The molecule has 0 aromatic carbocycles. The van der Waals surface area contributed by atoms with Gasteiger partial charge in [0.05, 0.1) is 35.9 Å². The Hall–Kier alpha value is -1.25. The minimum absolute atomic E-state index is 0.248. The predicted molar refractivity (Wildman–Crippen MR) is 73.2 cm³/mol. The number of anilines is 1. The van der Waals surface area contributed by atoms with Crippen LogP contribution in [0.3, 0.4) is 0 Å². The zero-order valence-electron chi connectivity index (χ0n) is 11.3. The smallest absolute Gasteiger partial charge is 0.214 e. The van der Waals surface area contributed by atoms with Gasteiger partial charge in [0, 0.05) is 12.0 Å². The Balaban J connectivity index is 2.82. The number of methoxy groups -OCH3 is 1. The summed E-state index contributed by atoms with van der Waals surface area (Å²) in [5, 5.41) is 12.1. The molecule has 0 radical (unpaired) electrons. The molecule has 1 aromatic heterocycles. The maximum Gasteiger partial charge on any atom is 0.214 e. The lowest BCUT2D eigenvalue weighted by Crippen LogP contribution is -2.27. The van der Waals surface area contributed by atoms with E-state index in [1.807, 2.05) is 6.92 Å². The number of hydrogen-bond acceptors (Lipinski definition) is 7. The van der Waals surface area contributed by atoms with Crippen molar-refractivity contribution in [2.45, 2.75) is 25.9 Å². The van der Waals surface area contributed by atoms with E-state index in [1.165, 1.54) is 11.3 Å². The molecule has 0 aliphatic rings. The highest BCUT2D eigenvalue weighted by molar-refractivity contribution is 7.15. The summed E-state index contributed by atoms with van der Waals surface area (Å²) in [7, 11) is 1.57. The number of nitrogens with two attached hydrogens (primary N) is 1. The van der Waals surface area contributed by atoms with Gasteiger partial charge in [0.25, 0.3) is 0 Å². The molecule has 2 N–H and O–H groups in total. The SMILES string of the molecule is COCCOC(C)C(C[N+](=O)[O-])c1nc(C)sc1N. The summed E-state index contributed by atoms with van der Waals surface area (Å²) in [5.74, 6) is -0.447. The van der Waals surface area contributed by atoms with Crippen molar-refractivity contribution in [1.82, 2.24) is 4.98 Å². The number of nitrogen functional groups attached to an aromatic ring is 1. The van der Waals surface area contributed by atoms with Crippen LogP contribution in [0.25, 0.3) is 0 Å². The first-order valence-corrected chi connectivity index (χ1v) is 6.72. The molecule has 1 heterocycles. The molecule has 0 bridgehead atoms. The molecule has 2 unspecified atom stereocenters. The maximum atomic E-state index is 10.8. The van der Waals surface area contributed by atoms with Gasteiger partial charge < -0.3 is 15.2 Å². The maximum absolute atomic E-state index is 10.8. The molecular weight excluding hydrogens is 270 g/mol. The number of thiazole rings is 1. The molecule has 0 spiro atoms. The Bertz CT molecular complexity index is 424. The molecule has 7 nitrogen and oxygen atoms in total. The average Bonchev–Trinajstić information content (AvgIpc) is 2.65. The lowest BCUT2D eigenvalue weighted by Gasteiger charge is -2.20. The van der Waals surface area contributed by atoms with Gasteiger partial charge in [0.1, 0.15) is 5.00 Å². The number of aromatic nitrogens is 1. The second kappa shape index (κ2) is 7.37. The Kier molecular flexibility index (Phi) is 6.13. The summed E-state index contributed by atoms with van der Waals surface area (Å²) in [6, 6.07) is 0. The Morgan fingerprint density at radius 3 is 2.68 bits per heavy atom. The van der Waals surface area contributed by atoms with Crippen molar-refractivity contribution in [2.75, 3.05) is 32.6 Å². The Labute approximate surface area is 115 Å². The molecule has 1 aromatic rings. The van der Waals surface area contributed by atoms with Gasteiger partial charge in [-0.05, 0) is 13.8 Å². The van der Waals surface area contributed by atoms with Gasteiger partial charge in [0.15, 0.2) is 0 Å². The van der Waals surface area contributed by atoms with Crippen LogP contribution in [0.15, 0.2) is 0 Å². The van der Waals surface area contributed by atoms with Crippen molar-refractivity contribution in [3.05, 3.63) is 20.8 Å². The van der Waals surface area contributed by atoms with Crippen LogP contribution in [0.1, 0.15) is 23.5 Å². The van der Waals surface area contributed by atoms with E-state index >= 15 is 0 Å². The van der Waals surface area contributed by atoms with E-state index in [4.69, 9.17) is 15.2 Å². The second-order valence-corrected chi connectivity index (χ2v) is 5.41. The van der Waals surface area contributed by atoms with Crippen LogP contribution in [0.2, 0.25) is 0 Å². The van der Waals surface area contributed by atoms with Crippen molar-refractivity contribution in [3.63, 3.8) is 0 Å². The van der Waals surface area contributed by atoms with Crippen molar-refractivity contribution in [2.24, 2.45) is 0 Å². The Morgan fingerprint density at radius 2 is 2.21 bits per heavy atom. The summed E-state index contributed by atoms with van der Waals surface area (Å²) in [6.07, 6.45) is -0.343. The number of hydrogen-bond donors (Lipinski definition) is 1. The average molecular weight is 289 g/mol. The Morgan fingerprint density at radius 1 is 1.53 bits per heavy atom. The third kappa shape index (κ3) is 4.73. The van der Waals surface area contributed by atoms with Crippen molar-refractivity contribution in [1.29, 1.82) is 0 Å². The van der Waals surface area contributed by atoms with Gasteiger partial charge in [-0.25, -0.2) is 4.98 Å². The number of nitro groups is 1. The van der Waals surface area contributed by atoms with Crippen molar-refractivity contribution >= 4 is 16.3 Å². The van der Waals surface area contributed by atoms with E-state index in [1.54, 1.807) is 14.0 Å². The van der Waals surface area contributed by atoms with Gasteiger partial charge in [-0.15, -0.1) is 11.3 Å². The molecular formula is C11H19N3O4S. The topological polar surface area (TPSA) is 101 Å². The lowest BCUT2D eigenvalue weighted by molar-refractivity contribution is -0.485. The summed E-state index contributed by atoms with van der Waals surface area (Å²) >= 11 is 1.33. The van der Waals surface area contributed by atoms with E-state index in [2.05, 4.69) is 4.98 Å². The predicted octanol–water partition coefficient (Wildman–Crippen LogP) is 1.45. The molecule has 0 fully saturated rings. The van der Waals surface area contributed by atoms with E-state index in [9.17, 15) is 10.1 Å². The molecule has 0 aliphatic carbocycles. The number of rotatable bonds is 8. The molecule has 108 valence electrons. The monoisotopic (exact) mass is 289 g/mol. The fraction of sp³-hybridized carbons (Fsp3) is 0.727. The van der Waals surface area contributed by atoms with Gasteiger partial charge in [0.2, 0.25) is 6.54 Å². The van der Waals surface area contributed by atoms with Crippen LogP contribution in [0.4, 0.5) is 5.00 Å². The highest BCUT2D eigenvalue weighted by atomic mass is 32.1. The zero-order valence-corrected chi connectivity index (χ0v) is 12.1. The summed E-state index contributed by atoms with van der Waals surface area (Å²) in [4.78, 5) is 14.7. The van der Waals surface area contributed by atoms with E-state index in [0.717, 1.165) is 5.01 Å². The third-order valence-electron chi connectivity index (χ3n) is 2.72. The first-order valence-electron chi connectivity index (χ1n) is 5.90. The molecule has 0 amide bonds. The standard InChI is InChI=1S/C11H19N3O4S/c1-7(18-5-4-17-3)9(6-14(15)16)10-11(12)19-8(2)13-10/h7,9H,4-6,12H2,1-3H3. The van der Waals surface area contributed by atoms with Gasteiger partial charge in [-0.2, -0.15) is 0 Å². The quantitative estimate of drug-likeness (QED) is 0.441. The van der Waals surface area contributed by atoms with Crippen LogP contribution in [0.5, 0.6) is 0 Å². The minimum Gasteiger partial charge on any atom is -0.389 e. The highest BCUT2D eigenvalue weighted by Crippen LogP contribution is 2.30. The lowest BCUT2D eigenvalue weighted by atomic mass is 10.00. The second-order valence-electron chi connectivity index (χ2n) is 4.17. The van der Waals surface area contributed by atoms with Crippen LogP contribution >= 0.6 is 11.3 Å². The molecule has 1 rings (SSSR count). The van der Waals surface area contributed by atoms with Gasteiger partial charge >= 0.3 is 0 Å². The van der Waals surface area contributed by atoms with E-state index < -0.39 is 5.92 Å². The van der Waals surface area contributed by atoms with E-state index in [0.29, 0.717) is 23.9 Å². The van der Waals surface area contributed by atoms with Crippen LogP contribution < -0.4 is 5.73 Å². The molecule has 0 aliphatic heterocycles. The summed E-state index contributed by atoms with van der Waals surface area (Å²) in [6.45, 7) is 4.19. The molecule has 0 saturated heterocycles. The van der Waals surface area contributed by atoms with Crippen LogP contribution in [-0.4, -0.2) is 42.9 Å².